The molecule has 0 aromatic carbocycles. The van der Waals surface area contributed by atoms with E-state index >= 15 is 0 Å². The molecule has 1 saturated carbocycles. The molecule has 0 atom stereocenters. The number of halogens is 1. The number of amides is 1. The van der Waals surface area contributed by atoms with Crippen LogP contribution in [0.3, 0.4) is 0 Å². The van der Waals surface area contributed by atoms with Crippen molar-refractivity contribution in [3.8, 4) is 0 Å². The van der Waals surface area contributed by atoms with E-state index in [1.54, 1.807) is 6.92 Å². The van der Waals surface area contributed by atoms with Crippen LogP contribution in [-0.2, 0) is 0 Å². The summed E-state index contributed by atoms with van der Waals surface area (Å²) in [5.74, 6) is -0.329. The third-order valence-electron chi connectivity index (χ3n) is 4.79. The molecule has 3 aromatic heterocycles. The number of nitrogens with zero attached hydrogens (tertiary/aromatic N) is 3. The van der Waals surface area contributed by atoms with E-state index in [2.05, 4.69) is 37.8 Å². The summed E-state index contributed by atoms with van der Waals surface area (Å²) in [7, 11) is 0. The molecule has 0 saturated heterocycles. The summed E-state index contributed by atoms with van der Waals surface area (Å²) in [6.45, 7) is 3.73. The molecule has 1 amide bonds. The normalized spacial score (nSPS) is 14.6. The van der Waals surface area contributed by atoms with Crippen molar-refractivity contribution in [2.45, 2.75) is 32.2 Å². The highest BCUT2D eigenvalue weighted by Crippen LogP contribution is 2.40. The number of amidine groups is 1. The number of carbonyl (C=O) groups is 1. The molecule has 30 heavy (non-hydrogen) atoms. The van der Waals surface area contributed by atoms with Crippen molar-refractivity contribution in [2.24, 2.45) is 0 Å². The maximum atomic E-state index is 13.6. The number of fused-ring (bicyclic) bond motifs is 1. The molecule has 0 bridgehead atoms. The van der Waals surface area contributed by atoms with E-state index < -0.39 is 11.7 Å². The minimum atomic E-state index is -0.525. The van der Waals surface area contributed by atoms with Gasteiger partial charge in [0, 0.05) is 17.9 Å². The van der Waals surface area contributed by atoms with Crippen LogP contribution in [-0.4, -0.2) is 32.2 Å². The highest BCUT2D eigenvalue weighted by atomic mass is 19.1. The van der Waals surface area contributed by atoms with E-state index in [1.807, 2.05) is 0 Å². The van der Waals surface area contributed by atoms with Gasteiger partial charge in [-0.25, -0.2) is 19.3 Å². The number of nitrogens with one attached hydrogen (secondary N) is 4. The summed E-state index contributed by atoms with van der Waals surface area (Å²) in [4.78, 5) is 25.1. The lowest BCUT2D eigenvalue weighted by molar-refractivity contribution is 0.0977. The first-order chi connectivity index (χ1) is 14.4. The number of anilines is 2. The van der Waals surface area contributed by atoms with Crippen LogP contribution >= 0.6 is 0 Å². The SMILES string of the molecule is Cc1oc2ncnc(NC3(C)CC3)c2c1C(=O)NC(=N)/C=C\Nc1ncccc1F. The molecule has 4 N–H and O–H groups in total. The first-order valence-corrected chi connectivity index (χ1v) is 9.32. The molecule has 3 heterocycles. The highest BCUT2D eigenvalue weighted by molar-refractivity contribution is 6.16. The van der Waals surface area contributed by atoms with Crippen LogP contribution in [0.5, 0.6) is 0 Å². The summed E-state index contributed by atoms with van der Waals surface area (Å²) >= 11 is 0. The third kappa shape index (κ3) is 3.97. The number of rotatable bonds is 6. The molecule has 9 nitrogen and oxygen atoms in total. The van der Waals surface area contributed by atoms with Gasteiger partial charge in [0.25, 0.3) is 5.91 Å². The number of aryl methyl sites for hydroxylation is 1. The van der Waals surface area contributed by atoms with E-state index in [-0.39, 0.29) is 22.8 Å². The molecule has 3 aromatic rings. The quantitative estimate of drug-likeness (QED) is 0.363. The molecule has 0 unspecified atom stereocenters. The molecular formula is C20H20FN7O2. The van der Waals surface area contributed by atoms with Crippen LogP contribution < -0.4 is 16.0 Å². The number of aromatic nitrogens is 3. The van der Waals surface area contributed by atoms with Crippen molar-refractivity contribution in [1.82, 2.24) is 20.3 Å². The maximum Gasteiger partial charge on any atom is 0.261 e. The minimum Gasteiger partial charge on any atom is -0.442 e. The van der Waals surface area contributed by atoms with Crippen molar-refractivity contribution in [2.75, 3.05) is 10.6 Å². The second-order valence-electron chi connectivity index (χ2n) is 7.30. The first kappa shape index (κ1) is 19.5. The highest BCUT2D eigenvalue weighted by Gasteiger charge is 2.38. The van der Waals surface area contributed by atoms with E-state index in [1.165, 1.54) is 36.9 Å². The standard InChI is InChI=1S/C20H20FN7O2/c1-11-14(15-17(28-20(2)6-7-20)25-10-26-19(15)30-11)18(29)27-13(22)5-9-24-16-12(21)4-3-8-23-16/h3-5,8-10H,6-7H2,1-2H3,(H,23,24)(H2,22,27,29)(H,25,26,28)/b9-5-. The van der Waals surface area contributed by atoms with Crippen molar-refractivity contribution >= 4 is 34.5 Å². The van der Waals surface area contributed by atoms with Gasteiger partial charge in [-0.3, -0.25) is 10.2 Å². The van der Waals surface area contributed by atoms with Gasteiger partial charge in [-0.05, 0) is 44.9 Å². The Bertz CT molecular complexity index is 1170. The molecule has 0 spiro atoms. The Labute approximate surface area is 171 Å². The smallest absolute Gasteiger partial charge is 0.261 e. The summed E-state index contributed by atoms with van der Waals surface area (Å²) in [6.07, 6.45) is 7.44. The summed E-state index contributed by atoms with van der Waals surface area (Å²) in [6, 6.07) is 2.74. The van der Waals surface area contributed by atoms with Gasteiger partial charge in [-0.1, -0.05) is 0 Å². The van der Waals surface area contributed by atoms with E-state index in [9.17, 15) is 9.18 Å². The fourth-order valence-electron chi connectivity index (χ4n) is 2.93. The van der Waals surface area contributed by atoms with Gasteiger partial charge in [0.15, 0.2) is 11.6 Å². The first-order valence-electron chi connectivity index (χ1n) is 9.32. The maximum absolute atomic E-state index is 13.6. The summed E-state index contributed by atoms with van der Waals surface area (Å²) in [5.41, 5.74) is 0.509. The Balaban J connectivity index is 1.51. The molecule has 0 radical (unpaired) electrons. The topological polar surface area (TPSA) is 129 Å². The van der Waals surface area contributed by atoms with Gasteiger partial charge in [-0.15, -0.1) is 0 Å². The molecular weight excluding hydrogens is 389 g/mol. The zero-order valence-electron chi connectivity index (χ0n) is 16.4. The number of furan rings is 1. The number of hydrogen-bond acceptors (Lipinski definition) is 8. The van der Waals surface area contributed by atoms with Crippen LogP contribution in [0.15, 0.2) is 41.4 Å². The molecule has 1 aliphatic carbocycles. The summed E-state index contributed by atoms with van der Waals surface area (Å²) in [5, 5.41) is 16.9. The second kappa shape index (κ2) is 7.54. The Morgan fingerprint density at radius 1 is 1.30 bits per heavy atom. The van der Waals surface area contributed by atoms with Crippen LogP contribution in [0.1, 0.15) is 35.9 Å². The number of carbonyl (C=O) groups excluding carboxylic acids is 1. The lowest BCUT2D eigenvalue weighted by Gasteiger charge is -2.13. The van der Waals surface area contributed by atoms with Crippen LogP contribution in [0.2, 0.25) is 0 Å². The zero-order valence-corrected chi connectivity index (χ0v) is 16.4. The lowest BCUT2D eigenvalue weighted by atomic mass is 10.1. The lowest BCUT2D eigenvalue weighted by Crippen LogP contribution is -2.29. The van der Waals surface area contributed by atoms with Gasteiger partial charge in [0.05, 0.1) is 10.9 Å². The van der Waals surface area contributed by atoms with Crippen molar-refractivity contribution in [3.05, 3.63) is 54.1 Å². The minimum absolute atomic E-state index is 0.0194. The molecule has 0 aliphatic heterocycles. The van der Waals surface area contributed by atoms with E-state index in [0.717, 1.165) is 12.8 Å². The van der Waals surface area contributed by atoms with Gasteiger partial charge in [-0.2, -0.15) is 0 Å². The zero-order chi connectivity index (χ0) is 21.3. The van der Waals surface area contributed by atoms with Crippen LogP contribution in [0.4, 0.5) is 16.0 Å². The fraction of sp³-hybridized carbons (Fsp3) is 0.250. The number of hydrogen-bond donors (Lipinski definition) is 4. The largest absolute Gasteiger partial charge is 0.442 e. The van der Waals surface area contributed by atoms with Crippen molar-refractivity contribution in [1.29, 1.82) is 5.41 Å². The van der Waals surface area contributed by atoms with Gasteiger partial charge in [0.1, 0.15) is 23.7 Å². The Hall–Kier alpha value is -3.82. The predicted molar refractivity (Wildman–Crippen MR) is 110 cm³/mol. The van der Waals surface area contributed by atoms with Crippen molar-refractivity contribution < 1.29 is 13.6 Å². The van der Waals surface area contributed by atoms with Crippen molar-refractivity contribution in [3.63, 3.8) is 0 Å². The Morgan fingerprint density at radius 2 is 2.10 bits per heavy atom. The van der Waals surface area contributed by atoms with E-state index in [4.69, 9.17) is 9.83 Å². The fourth-order valence-corrected chi connectivity index (χ4v) is 2.93. The molecule has 4 rings (SSSR count). The third-order valence-corrected chi connectivity index (χ3v) is 4.79. The molecule has 10 heteroatoms. The van der Waals surface area contributed by atoms with E-state index in [0.29, 0.717) is 22.7 Å². The predicted octanol–water partition coefficient (Wildman–Crippen LogP) is 3.36. The second-order valence-corrected chi connectivity index (χ2v) is 7.30. The van der Waals surface area contributed by atoms with Gasteiger partial charge in [0.2, 0.25) is 5.71 Å². The monoisotopic (exact) mass is 409 g/mol. The Kier molecular flexibility index (Phi) is 4.90. The van der Waals surface area contributed by atoms with Crippen LogP contribution in [0.25, 0.3) is 11.1 Å². The molecule has 154 valence electrons. The molecule has 1 aliphatic rings. The van der Waals surface area contributed by atoms with Crippen LogP contribution in [0, 0.1) is 18.2 Å². The Morgan fingerprint density at radius 3 is 2.83 bits per heavy atom. The molecule has 1 fully saturated rings. The van der Waals surface area contributed by atoms with Gasteiger partial charge >= 0.3 is 0 Å². The van der Waals surface area contributed by atoms with Gasteiger partial charge < -0.3 is 20.4 Å². The summed E-state index contributed by atoms with van der Waals surface area (Å²) < 4.78 is 19.2. The number of pyridine rings is 1. The average molecular weight is 409 g/mol. The average Bonchev–Trinajstić information content (AvgIpc) is 3.31.